The van der Waals surface area contributed by atoms with E-state index < -0.39 is 0 Å². The number of benzene rings is 2. The number of hydrogen-bond acceptors (Lipinski definition) is 3. The molecule has 4 heteroatoms. The molecule has 1 unspecified atom stereocenters. The van der Waals surface area contributed by atoms with E-state index in [1.165, 1.54) is 0 Å². The lowest BCUT2D eigenvalue weighted by molar-refractivity contribution is -0.160. The van der Waals surface area contributed by atoms with Gasteiger partial charge in [-0.25, -0.2) is 0 Å². The summed E-state index contributed by atoms with van der Waals surface area (Å²) in [5.41, 5.74) is 2.16. The van der Waals surface area contributed by atoms with Gasteiger partial charge < -0.3 is 4.74 Å². The minimum absolute atomic E-state index is 0.0151. The number of morpholine rings is 1. The van der Waals surface area contributed by atoms with Crippen LogP contribution in [0.2, 0.25) is 0 Å². The Balaban J connectivity index is 2.01. The second kappa shape index (κ2) is 5.74. The SMILES string of the molecule is O=C1CN(P)[C@H](c2ccccc2)[C@H](c2ccccc2)O1. The zero-order valence-electron chi connectivity index (χ0n) is 11.0. The molecule has 0 saturated carbocycles. The van der Waals surface area contributed by atoms with E-state index in [0.717, 1.165) is 11.1 Å². The van der Waals surface area contributed by atoms with Crippen LogP contribution < -0.4 is 0 Å². The highest BCUT2D eigenvalue weighted by atomic mass is 31.0. The lowest BCUT2D eigenvalue weighted by Crippen LogP contribution is -2.38. The number of rotatable bonds is 2. The van der Waals surface area contributed by atoms with E-state index in [2.05, 4.69) is 21.5 Å². The Kier molecular flexibility index (Phi) is 3.81. The summed E-state index contributed by atoms with van der Waals surface area (Å²) in [6, 6.07) is 20.0. The third-order valence-electron chi connectivity index (χ3n) is 3.48. The lowest BCUT2D eigenvalue weighted by Gasteiger charge is -2.38. The van der Waals surface area contributed by atoms with Gasteiger partial charge in [-0.15, -0.1) is 0 Å². The normalized spacial score (nSPS) is 23.4. The van der Waals surface area contributed by atoms with Crippen molar-refractivity contribution >= 4 is 15.4 Å². The van der Waals surface area contributed by atoms with Crippen molar-refractivity contribution in [2.45, 2.75) is 12.1 Å². The Hall–Kier alpha value is -1.70. The molecular formula is C16H16NO2P. The molecule has 1 heterocycles. The highest BCUT2D eigenvalue weighted by Crippen LogP contribution is 2.41. The van der Waals surface area contributed by atoms with Crippen molar-refractivity contribution in [3.8, 4) is 0 Å². The number of ether oxygens (including phenoxy) is 1. The Morgan fingerprint density at radius 3 is 2.10 bits per heavy atom. The summed E-state index contributed by atoms with van der Waals surface area (Å²) < 4.78 is 7.59. The van der Waals surface area contributed by atoms with E-state index >= 15 is 0 Å². The van der Waals surface area contributed by atoms with E-state index in [-0.39, 0.29) is 24.7 Å². The van der Waals surface area contributed by atoms with Crippen LogP contribution in [0.15, 0.2) is 60.7 Å². The summed E-state index contributed by atoms with van der Waals surface area (Å²) in [4.78, 5) is 11.8. The molecule has 0 aliphatic carbocycles. The first kappa shape index (κ1) is 13.3. The molecule has 1 aliphatic heterocycles. The number of carbonyl (C=O) groups is 1. The summed E-state index contributed by atoms with van der Waals surface area (Å²) in [7, 11) is 2.65. The monoisotopic (exact) mass is 285 g/mol. The molecule has 20 heavy (non-hydrogen) atoms. The maximum Gasteiger partial charge on any atom is 0.321 e. The van der Waals surface area contributed by atoms with Gasteiger partial charge in [-0.1, -0.05) is 70.1 Å². The zero-order chi connectivity index (χ0) is 13.9. The maximum absolute atomic E-state index is 11.8. The average molecular weight is 285 g/mol. The van der Waals surface area contributed by atoms with Crippen LogP contribution in [0.3, 0.4) is 0 Å². The summed E-state index contributed by atoms with van der Waals surface area (Å²) in [5.74, 6) is -0.193. The van der Waals surface area contributed by atoms with Crippen LogP contribution >= 0.6 is 9.39 Å². The lowest BCUT2D eigenvalue weighted by atomic mass is 9.94. The molecule has 0 bridgehead atoms. The van der Waals surface area contributed by atoms with Crippen molar-refractivity contribution in [3.05, 3.63) is 71.8 Å². The van der Waals surface area contributed by atoms with Gasteiger partial charge in [0.05, 0.1) is 6.04 Å². The predicted molar refractivity (Wildman–Crippen MR) is 80.9 cm³/mol. The van der Waals surface area contributed by atoms with Gasteiger partial charge in [0.15, 0.2) is 0 Å². The van der Waals surface area contributed by atoms with Crippen LogP contribution in [-0.4, -0.2) is 17.2 Å². The molecule has 1 saturated heterocycles. The van der Waals surface area contributed by atoms with E-state index in [1.807, 2.05) is 53.2 Å². The third kappa shape index (κ3) is 2.60. The Morgan fingerprint density at radius 1 is 0.950 bits per heavy atom. The highest BCUT2D eigenvalue weighted by molar-refractivity contribution is 7.13. The first-order valence-electron chi connectivity index (χ1n) is 6.56. The summed E-state index contributed by atoms with van der Waals surface area (Å²) >= 11 is 0. The van der Waals surface area contributed by atoms with Gasteiger partial charge in [0, 0.05) is 0 Å². The number of carbonyl (C=O) groups excluding carboxylic acids is 1. The molecule has 2 aromatic rings. The summed E-state index contributed by atoms with van der Waals surface area (Å²) in [6.45, 7) is 0.285. The topological polar surface area (TPSA) is 29.5 Å². The van der Waals surface area contributed by atoms with Crippen LogP contribution in [0.1, 0.15) is 23.3 Å². The largest absolute Gasteiger partial charge is 0.454 e. The smallest absolute Gasteiger partial charge is 0.321 e. The molecule has 0 radical (unpaired) electrons. The van der Waals surface area contributed by atoms with Crippen molar-refractivity contribution in [2.24, 2.45) is 0 Å². The van der Waals surface area contributed by atoms with E-state index in [1.54, 1.807) is 0 Å². The molecule has 2 aromatic carbocycles. The minimum atomic E-state index is -0.280. The summed E-state index contributed by atoms with van der Waals surface area (Å²) in [6.07, 6.45) is -0.280. The zero-order valence-corrected chi connectivity index (χ0v) is 12.1. The van der Waals surface area contributed by atoms with Gasteiger partial charge in [-0.2, -0.15) is 0 Å². The van der Waals surface area contributed by atoms with Crippen molar-refractivity contribution in [2.75, 3.05) is 6.54 Å². The van der Waals surface area contributed by atoms with Gasteiger partial charge >= 0.3 is 5.97 Å². The molecule has 102 valence electrons. The van der Waals surface area contributed by atoms with E-state index in [4.69, 9.17) is 4.74 Å². The molecule has 0 aromatic heterocycles. The fraction of sp³-hybridized carbons (Fsp3) is 0.188. The van der Waals surface area contributed by atoms with Gasteiger partial charge in [0.1, 0.15) is 12.6 Å². The van der Waals surface area contributed by atoms with Crippen LogP contribution in [0, 0.1) is 0 Å². The maximum atomic E-state index is 11.8. The molecule has 1 aliphatic rings. The standard InChI is InChI=1S/C16H16NO2P/c18-14-11-17(20)15(12-7-3-1-4-8-12)16(19-14)13-9-5-2-6-10-13/h1-10,15-16H,11,20H2/t15-,16+/m1/s1. The van der Waals surface area contributed by atoms with Crippen molar-refractivity contribution in [3.63, 3.8) is 0 Å². The highest BCUT2D eigenvalue weighted by Gasteiger charge is 2.36. The minimum Gasteiger partial charge on any atom is -0.454 e. The Bertz CT molecular complexity index is 588. The third-order valence-corrected chi connectivity index (χ3v) is 3.99. The number of esters is 1. The van der Waals surface area contributed by atoms with Gasteiger partial charge in [0.25, 0.3) is 0 Å². The van der Waals surface area contributed by atoms with Gasteiger partial charge in [0.2, 0.25) is 0 Å². The average Bonchev–Trinajstić information content (AvgIpc) is 2.48. The second-order valence-corrected chi connectivity index (χ2v) is 5.51. The number of nitrogens with zero attached hydrogens (tertiary/aromatic N) is 1. The van der Waals surface area contributed by atoms with Gasteiger partial charge in [-0.05, 0) is 11.1 Å². The molecule has 3 nitrogen and oxygen atoms in total. The molecule has 0 spiro atoms. The quantitative estimate of drug-likeness (QED) is 0.627. The first-order valence-corrected chi connectivity index (χ1v) is 7.08. The molecule has 0 amide bonds. The van der Waals surface area contributed by atoms with Gasteiger partial charge in [-0.3, -0.25) is 9.46 Å². The van der Waals surface area contributed by atoms with Crippen LogP contribution in [-0.2, 0) is 9.53 Å². The molecule has 3 rings (SSSR count). The first-order chi connectivity index (χ1) is 9.75. The van der Waals surface area contributed by atoms with Crippen LogP contribution in [0.5, 0.6) is 0 Å². The summed E-state index contributed by atoms with van der Waals surface area (Å²) in [5, 5.41) is 0. The Labute approximate surface area is 120 Å². The van der Waals surface area contributed by atoms with Crippen LogP contribution in [0.25, 0.3) is 0 Å². The van der Waals surface area contributed by atoms with Crippen molar-refractivity contribution in [1.82, 2.24) is 4.67 Å². The predicted octanol–water partition coefficient (Wildman–Crippen LogP) is 3.12. The molecule has 1 fully saturated rings. The second-order valence-electron chi connectivity index (χ2n) is 4.85. The molecule has 0 N–H and O–H groups in total. The number of hydrogen-bond donors (Lipinski definition) is 0. The Morgan fingerprint density at radius 2 is 1.50 bits per heavy atom. The fourth-order valence-electron chi connectivity index (χ4n) is 2.57. The fourth-order valence-corrected chi connectivity index (χ4v) is 3.05. The van der Waals surface area contributed by atoms with E-state index in [9.17, 15) is 4.79 Å². The van der Waals surface area contributed by atoms with Crippen molar-refractivity contribution < 1.29 is 9.53 Å². The molecular weight excluding hydrogens is 269 g/mol. The van der Waals surface area contributed by atoms with E-state index in [0.29, 0.717) is 0 Å². The van der Waals surface area contributed by atoms with Crippen LogP contribution in [0.4, 0.5) is 0 Å². The van der Waals surface area contributed by atoms with Crippen molar-refractivity contribution in [1.29, 1.82) is 0 Å². The molecule has 3 atom stereocenters. The number of cyclic esters (lactones) is 1.